The number of rotatable bonds is 3. The fourth-order valence-electron chi connectivity index (χ4n) is 1.38. The Morgan fingerprint density at radius 3 is 2.33 bits per heavy atom. The first kappa shape index (κ1) is 12.0. The molecule has 0 saturated heterocycles. The largest absolute Gasteiger partial charge is 0.475 e. The van der Waals surface area contributed by atoms with Crippen molar-refractivity contribution >= 4 is 11.8 Å². The highest BCUT2D eigenvalue weighted by Gasteiger charge is 2.20. The Bertz CT molecular complexity index is 631. The smallest absolute Gasteiger partial charge is 0.371 e. The van der Waals surface area contributed by atoms with Crippen LogP contribution in [0, 0.1) is 11.6 Å². The lowest BCUT2D eigenvalue weighted by molar-refractivity contribution is 0.0660. The van der Waals surface area contributed by atoms with Crippen LogP contribution >= 0.6 is 0 Å². The van der Waals surface area contributed by atoms with Crippen molar-refractivity contribution in [2.24, 2.45) is 0 Å². The molecule has 2 rings (SSSR count). The molecule has 0 aliphatic carbocycles. The Morgan fingerprint density at radius 1 is 1.06 bits per heavy atom. The SMILES string of the molecule is O=C(O)c1ccc(C(=O)c2cc(F)ccc2F)o1. The molecule has 0 aliphatic heterocycles. The number of halogens is 2. The van der Waals surface area contributed by atoms with Crippen molar-refractivity contribution in [2.45, 2.75) is 0 Å². The summed E-state index contributed by atoms with van der Waals surface area (Å²) in [5.74, 6) is -4.76. The van der Waals surface area contributed by atoms with E-state index >= 15 is 0 Å². The van der Waals surface area contributed by atoms with E-state index in [1.807, 2.05) is 0 Å². The van der Waals surface area contributed by atoms with Gasteiger partial charge in [-0.1, -0.05) is 0 Å². The number of carboxylic acid groups (broad SMARTS) is 1. The molecular formula is C12H6F2O4. The zero-order valence-corrected chi connectivity index (χ0v) is 8.81. The Kier molecular flexibility index (Phi) is 2.93. The molecule has 0 radical (unpaired) electrons. The first-order chi connectivity index (χ1) is 8.49. The number of carboxylic acids is 1. The molecule has 0 saturated carbocycles. The Morgan fingerprint density at radius 2 is 1.72 bits per heavy atom. The standard InChI is InChI=1S/C12H6F2O4/c13-6-1-2-8(14)7(5-6)11(15)9-3-4-10(18-9)12(16)17/h1-5H,(H,16,17). The van der Waals surface area contributed by atoms with Crippen molar-refractivity contribution in [1.29, 1.82) is 0 Å². The van der Waals surface area contributed by atoms with E-state index in [2.05, 4.69) is 0 Å². The zero-order chi connectivity index (χ0) is 13.3. The van der Waals surface area contributed by atoms with E-state index < -0.39 is 34.7 Å². The second-order valence-electron chi connectivity index (χ2n) is 3.42. The molecule has 1 N–H and O–H groups in total. The monoisotopic (exact) mass is 252 g/mol. The third-order valence-corrected chi connectivity index (χ3v) is 2.21. The molecule has 0 unspecified atom stereocenters. The first-order valence-corrected chi connectivity index (χ1v) is 4.82. The number of furan rings is 1. The molecule has 1 heterocycles. The first-order valence-electron chi connectivity index (χ1n) is 4.82. The third kappa shape index (κ3) is 2.13. The van der Waals surface area contributed by atoms with E-state index in [0.717, 1.165) is 30.3 Å². The lowest BCUT2D eigenvalue weighted by atomic mass is 10.1. The van der Waals surface area contributed by atoms with Crippen molar-refractivity contribution in [3.05, 3.63) is 59.1 Å². The Hall–Kier alpha value is -2.50. The number of hydrogen-bond donors (Lipinski definition) is 1. The van der Waals surface area contributed by atoms with Crippen molar-refractivity contribution in [2.75, 3.05) is 0 Å². The van der Waals surface area contributed by atoms with Gasteiger partial charge in [0.2, 0.25) is 11.5 Å². The minimum atomic E-state index is -1.35. The molecule has 0 amide bonds. The van der Waals surface area contributed by atoms with Gasteiger partial charge in [0.1, 0.15) is 11.6 Å². The van der Waals surface area contributed by atoms with E-state index in [1.54, 1.807) is 0 Å². The zero-order valence-electron chi connectivity index (χ0n) is 8.81. The average Bonchev–Trinajstić information content (AvgIpc) is 2.81. The maximum absolute atomic E-state index is 13.3. The molecular weight excluding hydrogens is 246 g/mol. The molecule has 6 heteroatoms. The highest BCUT2D eigenvalue weighted by molar-refractivity contribution is 6.07. The number of aromatic carboxylic acids is 1. The van der Waals surface area contributed by atoms with Crippen molar-refractivity contribution in [3.63, 3.8) is 0 Å². The number of ketones is 1. The summed E-state index contributed by atoms with van der Waals surface area (Å²) in [6.45, 7) is 0. The Balaban J connectivity index is 2.41. The van der Waals surface area contributed by atoms with Gasteiger partial charge >= 0.3 is 5.97 Å². The fraction of sp³-hybridized carbons (Fsp3) is 0. The molecule has 4 nitrogen and oxygen atoms in total. The topological polar surface area (TPSA) is 67.5 Å². The molecule has 0 spiro atoms. The number of benzene rings is 1. The summed E-state index contributed by atoms with van der Waals surface area (Å²) in [4.78, 5) is 22.3. The lowest BCUT2D eigenvalue weighted by Gasteiger charge is -1.99. The molecule has 0 fully saturated rings. The van der Waals surface area contributed by atoms with Crippen LogP contribution in [0.1, 0.15) is 26.7 Å². The maximum atomic E-state index is 13.3. The van der Waals surface area contributed by atoms with Crippen LogP contribution < -0.4 is 0 Å². The van der Waals surface area contributed by atoms with Gasteiger partial charge in [-0.15, -0.1) is 0 Å². The van der Waals surface area contributed by atoms with Gasteiger partial charge in [0, 0.05) is 0 Å². The van der Waals surface area contributed by atoms with Gasteiger partial charge in [-0.2, -0.15) is 0 Å². The van der Waals surface area contributed by atoms with Gasteiger partial charge in [0.15, 0.2) is 5.76 Å². The summed E-state index contributed by atoms with van der Waals surface area (Å²) in [6, 6.07) is 4.56. The summed E-state index contributed by atoms with van der Waals surface area (Å²) < 4.78 is 31.0. The average molecular weight is 252 g/mol. The second kappa shape index (κ2) is 4.40. The van der Waals surface area contributed by atoms with Crippen LogP contribution in [0.2, 0.25) is 0 Å². The van der Waals surface area contributed by atoms with E-state index in [0.29, 0.717) is 0 Å². The summed E-state index contributed by atoms with van der Waals surface area (Å²) in [6.07, 6.45) is 0. The molecule has 1 aromatic carbocycles. The summed E-state index contributed by atoms with van der Waals surface area (Å²) in [5.41, 5.74) is -0.513. The number of hydrogen-bond acceptors (Lipinski definition) is 3. The van der Waals surface area contributed by atoms with E-state index in [4.69, 9.17) is 9.52 Å². The van der Waals surface area contributed by atoms with Gasteiger partial charge in [-0.3, -0.25) is 4.79 Å². The van der Waals surface area contributed by atoms with Crippen LogP contribution in [0.25, 0.3) is 0 Å². The van der Waals surface area contributed by atoms with Crippen LogP contribution in [0.4, 0.5) is 8.78 Å². The molecule has 18 heavy (non-hydrogen) atoms. The van der Waals surface area contributed by atoms with Crippen LogP contribution in [-0.4, -0.2) is 16.9 Å². The summed E-state index contributed by atoms with van der Waals surface area (Å²) in [7, 11) is 0. The van der Waals surface area contributed by atoms with Crippen LogP contribution in [0.5, 0.6) is 0 Å². The van der Waals surface area contributed by atoms with Crippen molar-refractivity contribution in [1.82, 2.24) is 0 Å². The summed E-state index contributed by atoms with van der Waals surface area (Å²) >= 11 is 0. The highest BCUT2D eigenvalue weighted by Crippen LogP contribution is 2.17. The quantitative estimate of drug-likeness (QED) is 0.852. The predicted octanol–water partition coefficient (Wildman–Crippen LogP) is 2.49. The molecule has 0 bridgehead atoms. The van der Waals surface area contributed by atoms with Crippen LogP contribution in [0.3, 0.4) is 0 Å². The molecule has 92 valence electrons. The van der Waals surface area contributed by atoms with E-state index in [-0.39, 0.29) is 5.76 Å². The normalized spacial score (nSPS) is 10.3. The second-order valence-corrected chi connectivity index (χ2v) is 3.42. The van der Waals surface area contributed by atoms with Gasteiger partial charge in [0.05, 0.1) is 5.56 Å². The van der Waals surface area contributed by atoms with Crippen molar-refractivity contribution in [3.8, 4) is 0 Å². The maximum Gasteiger partial charge on any atom is 0.371 e. The predicted molar refractivity (Wildman–Crippen MR) is 55.5 cm³/mol. The van der Waals surface area contributed by atoms with E-state index in [9.17, 15) is 18.4 Å². The van der Waals surface area contributed by atoms with Gasteiger partial charge in [-0.25, -0.2) is 13.6 Å². The summed E-state index contributed by atoms with van der Waals surface area (Å²) in [5, 5.41) is 8.61. The lowest BCUT2D eigenvalue weighted by Crippen LogP contribution is -2.04. The van der Waals surface area contributed by atoms with Crippen LogP contribution in [-0.2, 0) is 0 Å². The molecule has 0 aliphatic rings. The van der Waals surface area contributed by atoms with Crippen molar-refractivity contribution < 1.29 is 27.9 Å². The Labute approximate surface area is 99.5 Å². The highest BCUT2D eigenvalue weighted by atomic mass is 19.1. The molecule has 2 aromatic rings. The van der Waals surface area contributed by atoms with Gasteiger partial charge in [0.25, 0.3) is 0 Å². The third-order valence-electron chi connectivity index (χ3n) is 2.21. The molecule has 1 aromatic heterocycles. The number of carbonyl (C=O) groups is 2. The van der Waals surface area contributed by atoms with E-state index in [1.165, 1.54) is 0 Å². The minimum absolute atomic E-state index is 0.364. The van der Waals surface area contributed by atoms with Crippen LogP contribution in [0.15, 0.2) is 34.7 Å². The van der Waals surface area contributed by atoms with Gasteiger partial charge < -0.3 is 9.52 Å². The molecule has 0 atom stereocenters. The number of carbonyl (C=O) groups excluding carboxylic acids is 1. The fourth-order valence-corrected chi connectivity index (χ4v) is 1.38. The minimum Gasteiger partial charge on any atom is -0.475 e. The van der Waals surface area contributed by atoms with Gasteiger partial charge in [-0.05, 0) is 30.3 Å².